The summed E-state index contributed by atoms with van der Waals surface area (Å²) < 4.78 is 0. The molecule has 3 rings (SSSR count). The predicted molar refractivity (Wildman–Crippen MR) is 82.2 cm³/mol. The summed E-state index contributed by atoms with van der Waals surface area (Å²) in [6, 6.07) is 1.49. The van der Waals surface area contributed by atoms with Crippen LogP contribution in [0.1, 0.15) is 29.6 Å². The number of aromatic carboxylic acids is 1. The fourth-order valence-electron chi connectivity index (χ4n) is 3.28. The van der Waals surface area contributed by atoms with Crippen molar-refractivity contribution in [2.24, 2.45) is 5.92 Å². The van der Waals surface area contributed by atoms with Gasteiger partial charge in [0.1, 0.15) is 5.82 Å². The third-order valence-electron chi connectivity index (χ3n) is 4.37. The van der Waals surface area contributed by atoms with Crippen molar-refractivity contribution in [3.8, 4) is 0 Å². The van der Waals surface area contributed by atoms with Crippen molar-refractivity contribution >= 4 is 23.4 Å². The number of anilines is 1. The smallest absolute Gasteiger partial charge is 0.337 e. The van der Waals surface area contributed by atoms with Gasteiger partial charge in [-0.25, -0.2) is 9.78 Å². The average Bonchev–Trinajstić information content (AvgIpc) is 3.11. The Balaban J connectivity index is 1.64. The molecule has 0 aromatic carbocycles. The van der Waals surface area contributed by atoms with Gasteiger partial charge < -0.3 is 14.9 Å². The molecule has 5 nitrogen and oxygen atoms in total. The number of likely N-dealkylation sites (tertiary alicyclic amines) is 1. The summed E-state index contributed by atoms with van der Waals surface area (Å²) in [7, 11) is 0. The van der Waals surface area contributed by atoms with E-state index >= 15 is 0 Å². The molecule has 0 bridgehead atoms. The predicted octanol–water partition coefficient (Wildman–Crippen LogP) is 2.36. The van der Waals surface area contributed by atoms with Gasteiger partial charge in [0, 0.05) is 25.8 Å². The van der Waals surface area contributed by atoms with Crippen LogP contribution in [0.3, 0.4) is 0 Å². The lowest BCUT2D eigenvalue weighted by molar-refractivity contribution is 0.0696. The second kappa shape index (κ2) is 6.20. The zero-order chi connectivity index (χ0) is 14.8. The highest BCUT2D eigenvalue weighted by atomic mass is 35.5. The zero-order valence-electron chi connectivity index (χ0n) is 12.0. The number of nitrogens with zero attached hydrogens (tertiary/aromatic N) is 3. The van der Waals surface area contributed by atoms with E-state index in [1.165, 1.54) is 38.2 Å². The number of aromatic nitrogens is 1. The first kappa shape index (κ1) is 14.6. The normalized spacial score (nSPS) is 22.9. The van der Waals surface area contributed by atoms with Gasteiger partial charge in [0.15, 0.2) is 0 Å². The van der Waals surface area contributed by atoms with Crippen LogP contribution in [0.5, 0.6) is 0 Å². The van der Waals surface area contributed by atoms with Gasteiger partial charge in [-0.15, -0.1) is 0 Å². The molecule has 0 spiro atoms. The lowest BCUT2D eigenvalue weighted by Crippen LogP contribution is -2.29. The van der Waals surface area contributed by atoms with E-state index < -0.39 is 5.97 Å². The third kappa shape index (κ3) is 3.30. The van der Waals surface area contributed by atoms with E-state index in [-0.39, 0.29) is 5.56 Å². The van der Waals surface area contributed by atoms with Crippen LogP contribution < -0.4 is 4.90 Å². The van der Waals surface area contributed by atoms with Gasteiger partial charge in [0.25, 0.3) is 0 Å². The summed E-state index contributed by atoms with van der Waals surface area (Å²) in [5, 5.41) is 9.38. The highest BCUT2D eigenvalue weighted by molar-refractivity contribution is 6.33. The molecular weight excluding hydrogens is 290 g/mol. The second-order valence-corrected chi connectivity index (χ2v) is 6.35. The number of hydrogen-bond donors (Lipinski definition) is 1. The number of carbonyl (C=O) groups is 1. The molecule has 2 saturated heterocycles. The first-order chi connectivity index (χ1) is 10.1. The molecule has 0 saturated carbocycles. The maximum Gasteiger partial charge on any atom is 0.337 e. The Kier molecular flexibility index (Phi) is 4.31. The third-order valence-corrected chi connectivity index (χ3v) is 4.65. The molecule has 2 aliphatic rings. The minimum absolute atomic E-state index is 0.136. The molecule has 1 atom stereocenters. The molecule has 21 heavy (non-hydrogen) atoms. The Bertz CT molecular complexity index is 532. The van der Waals surface area contributed by atoms with Crippen molar-refractivity contribution < 1.29 is 9.90 Å². The summed E-state index contributed by atoms with van der Waals surface area (Å²) in [6.45, 7) is 5.50. The monoisotopic (exact) mass is 309 g/mol. The molecule has 6 heteroatoms. The summed E-state index contributed by atoms with van der Waals surface area (Å²) in [6.07, 6.45) is 5.17. The topological polar surface area (TPSA) is 56.7 Å². The molecule has 0 aliphatic carbocycles. The summed E-state index contributed by atoms with van der Waals surface area (Å²) >= 11 is 6.19. The number of carboxylic acids is 1. The first-order valence-electron chi connectivity index (χ1n) is 7.49. The fraction of sp³-hybridized carbons (Fsp3) is 0.600. The molecule has 1 aromatic heterocycles. The number of pyridine rings is 1. The molecule has 114 valence electrons. The van der Waals surface area contributed by atoms with Crippen LogP contribution in [0.15, 0.2) is 12.3 Å². The highest BCUT2D eigenvalue weighted by Gasteiger charge is 2.27. The van der Waals surface area contributed by atoms with Gasteiger partial charge in [-0.05, 0) is 44.3 Å². The molecule has 2 fully saturated rings. The molecular formula is C15H20ClN3O2. The molecule has 0 radical (unpaired) electrons. The van der Waals surface area contributed by atoms with Crippen molar-refractivity contribution in [3.63, 3.8) is 0 Å². The van der Waals surface area contributed by atoms with E-state index in [4.69, 9.17) is 16.7 Å². The Morgan fingerprint density at radius 1 is 1.38 bits per heavy atom. The van der Waals surface area contributed by atoms with Crippen LogP contribution in [-0.4, -0.2) is 53.7 Å². The van der Waals surface area contributed by atoms with E-state index in [1.807, 2.05) is 0 Å². The molecule has 2 aliphatic heterocycles. The summed E-state index contributed by atoms with van der Waals surface area (Å²) in [5.41, 5.74) is 0.136. The van der Waals surface area contributed by atoms with Crippen molar-refractivity contribution in [2.45, 2.75) is 19.3 Å². The molecule has 3 heterocycles. The van der Waals surface area contributed by atoms with E-state index in [9.17, 15) is 4.79 Å². The van der Waals surface area contributed by atoms with Crippen molar-refractivity contribution in [1.29, 1.82) is 0 Å². The van der Waals surface area contributed by atoms with Crippen LogP contribution in [-0.2, 0) is 0 Å². The van der Waals surface area contributed by atoms with Gasteiger partial charge in [-0.2, -0.15) is 0 Å². The van der Waals surface area contributed by atoms with Crippen LogP contribution in [0, 0.1) is 5.92 Å². The van der Waals surface area contributed by atoms with E-state index in [0.29, 0.717) is 16.8 Å². The lowest BCUT2D eigenvalue weighted by atomic mass is 10.1. The minimum Gasteiger partial charge on any atom is -0.478 e. The van der Waals surface area contributed by atoms with Crippen LogP contribution in [0.25, 0.3) is 0 Å². The van der Waals surface area contributed by atoms with E-state index in [1.54, 1.807) is 0 Å². The Labute approximate surface area is 129 Å². The molecule has 1 unspecified atom stereocenters. The number of hydrogen-bond acceptors (Lipinski definition) is 4. The maximum atomic E-state index is 10.9. The Morgan fingerprint density at radius 3 is 2.81 bits per heavy atom. The first-order valence-corrected chi connectivity index (χ1v) is 7.87. The van der Waals surface area contributed by atoms with Crippen molar-refractivity contribution in [3.05, 3.63) is 22.8 Å². The van der Waals surface area contributed by atoms with E-state index in [2.05, 4.69) is 14.8 Å². The quantitative estimate of drug-likeness (QED) is 0.925. The largest absolute Gasteiger partial charge is 0.478 e. The van der Waals surface area contributed by atoms with Crippen LogP contribution in [0.4, 0.5) is 5.82 Å². The van der Waals surface area contributed by atoms with Crippen LogP contribution >= 0.6 is 11.6 Å². The van der Waals surface area contributed by atoms with Crippen LogP contribution in [0.2, 0.25) is 5.02 Å². The van der Waals surface area contributed by atoms with Gasteiger partial charge in [0.2, 0.25) is 0 Å². The average molecular weight is 310 g/mol. The van der Waals surface area contributed by atoms with Gasteiger partial charge >= 0.3 is 5.97 Å². The Hall–Kier alpha value is -1.33. The van der Waals surface area contributed by atoms with Crippen molar-refractivity contribution in [1.82, 2.24) is 9.88 Å². The molecule has 1 N–H and O–H groups in total. The van der Waals surface area contributed by atoms with Gasteiger partial charge in [0.05, 0.1) is 10.6 Å². The number of carboxylic acid groups (broad SMARTS) is 1. The number of rotatable bonds is 4. The highest BCUT2D eigenvalue weighted by Crippen LogP contribution is 2.29. The fourth-order valence-corrected chi connectivity index (χ4v) is 3.57. The minimum atomic E-state index is -0.996. The van der Waals surface area contributed by atoms with Crippen molar-refractivity contribution in [2.75, 3.05) is 37.6 Å². The summed E-state index contributed by atoms with van der Waals surface area (Å²) in [4.78, 5) is 19.9. The SMILES string of the molecule is O=C(O)c1cnc(N2CCC(CN3CCCC3)C2)c(Cl)c1. The zero-order valence-corrected chi connectivity index (χ0v) is 12.7. The Morgan fingerprint density at radius 2 is 2.14 bits per heavy atom. The molecule has 1 aromatic rings. The second-order valence-electron chi connectivity index (χ2n) is 5.94. The van der Waals surface area contributed by atoms with Gasteiger partial charge in [-0.3, -0.25) is 0 Å². The molecule has 0 amide bonds. The maximum absolute atomic E-state index is 10.9. The standard InChI is InChI=1S/C15H20ClN3O2/c16-13-7-12(15(20)21)8-17-14(13)19-6-3-11(10-19)9-18-4-1-2-5-18/h7-8,11H,1-6,9-10H2,(H,20,21). The van der Waals surface area contributed by atoms with Gasteiger partial charge in [-0.1, -0.05) is 11.6 Å². The van der Waals surface area contributed by atoms with E-state index in [0.717, 1.165) is 26.1 Å². The summed E-state index contributed by atoms with van der Waals surface area (Å²) in [5.74, 6) is 0.370. The lowest BCUT2D eigenvalue weighted by Gasteiger charge is -2.21. The number of halogens is 1.